The van der Waals surface area contributed by atoms with Crippen molar-refractivity contribution in [3.05, 3.63) is 124 Å². The second-order valence-corrected chi connectivity index (χ2v) is 30.1. The van der Waals surface area contributed by atoms with Crippen molar-refractivity contribution in [1.29, 1.82) is 0 Å². The number of phenolic OH excluding ortho intramolecular Hbond substituents is 3. The number of hydrogen-bond acceptors (Lipinski definition) is 18. The summed E-state index contributed by atoms with van der Waals surface area (Å²) in [5.41, 5.74) is 4.23. The summed E-state index contributed by atoms with van der Waals surface area (Å²) < 4.78 is 16.5. The summed E-state index contributed by atoms with van der Waals surface area (Å²) in [5.74, 6) is 1.72. The third-order valence-electron chi connectivity index (χ3n) is 18.9. The van der Waals surface area contributed by atoms with E-state index in [9.17, 15) is 53.7 Å². The van der Waals surface area contributed by atoms with E-state index in [-0.39, 0.29) is 69.9 Å². The van der Waals surface area contributed by atoms with Gasteiger partial charge in [-0.2, -0.15) is 0 Å². The first-order valence-electron chi connectivity index (χ1n) is 35.8. The smallest absolute Gasteiger partial charge is 0.360 e. The molecule has 0 spiro atoms. The van der Waals surface area contributed by atoms with Crippen molar-refractivity contribution < 1.29 is 62.5 Å². The molecule has 11 aliphatic rings. The number of fused-ring (bicyclic) bond motifs is 9. The average molecular weight is 1510 g/mol. The molecule has 1 aliphatic carbocycles. The normalized spacial score (nSPS) is 22.2. The third kappa shape index (κ3) is 21.3. The second-order valence-electron chi connectivity index (χ2n) is 26.3. The Hall–Kier alpha value is -8.00. The lowest BCUT2D eigenvalue weighted by Gasteiger charge is -2.43. The number of furan rings is 1. The maximum absolute atomic E-state index is 12.9. The molecule has 2 aromatic heterocycles. The first kappa shape index (κ1) is 76.2. The van der Waals surface area contributed by atoms with Crippen molar-refractivity contribution in [2.45, 2.75) is 169 Å². The molecule has 5 amide bonds. The molecule has 540 valence electrons. The number of likely N-dealkylation sites (tertiary alicyclic amines) is 2. The van der Waals surface area contributed by atoms with Gasteiger partial charge in [-0.1, -0.05) is 57.2 Å². The van der Waals surface area contributed by atoms with Crippen LogP contribution in [-0.2, 0) is 41.6 Å². The van der Waals surface area contributed by atoms with Crippen LogP contribution >= 0.6 is 31.9 Å². The number of phenols is 3. The Morgan fingerprint density at radius 2 is 1.02 bits per heavy atom. The first-order chi connectivity index (χ1) is 48.4. The molecule has 16 rings (SSSR count). The van der Waals surface area contributed by atoms with Crippen molar-refractivity contribution in [2.24, 2.45) is 0 Å². The number of ether oxygens (including phenoxy) is 1. The molecule has 6 saturated heterocycles. The minimum absolute atomic E-state index is 0.00444. The number of halogens is 2. The molecule has 2 atom stereocenters. The Bertz CT molecular complexity index is 3750. The lowest BCUT2D eigenvalue weighted by Crippen LogP contribution is -2.64. The number of nitrogens with zero attached hydrogens (tertiary/aromatic N) is 2. The summed E-state index contributed by atoms with van der Waals surface area (Å²) in [6.45, 7) is 11.1. The van der Waals surface area contributed by atoms with Crippen LogP contribution in [0.4, 0.5) is 5.69 Å². The van der Waals surface area contributed by atoms with Crippen LogP contribution in [0.2, 0.25) is 0 Å². The third-order valence-corrected chi connectivity index (χ3v) is 20.4. The number of hydrogen-bond donors (Lipinski definition) is 10. The summed E-state index contributed by atoms with van der Waals surface area (Å²) in [6.07, 6.45) is 33.2. The van der Waals surface area contributed by atoms with Crippen LogP contribution < -0.4 is 47.6 Å². The Balaban J connectivity index is 0.000000137. The van der Waals surface area contributed by atoms with E-state index in [0.717, 1.165) is 194 Å². The van der Waals surface area contributed by atoms with Crippen molar-refractivity contribution >= 4 is 101 Å². The predicted molar refractivity (Wildman–Crippen MR) is 391 cm³/mol. The van der Waals surface area contributed by atoms with E-state index in [1.54, 1.807) is 48.5 Å². The lowest BCUT2D eigenvalue weighted by atomic mass is 9.85. The van der Waals surface area contributed by atoms with Gasteiger partial charge < -0.3 is 71.0 Å². The van der Waals surface area contributed by atoms with Gasteiger partial charge in [0.1, 0.15) is 39.9 Å². The van der Waals surface area contributed by atoms with Crippen LogP contribution in [-0.4, -0.2) is 154 Å². The highest BCUT2D eigenvalue weighted by atomic mass is 79.9. The molecule has 10 aliphatic heterocycles. The number of aromatic hydroxyl groups is 3. The van der Waals surface area contributed by atoms with Gasteiger partial charge in [-0.15, -0.1) is 0 Å². The zero-order valence-electron chi connectivity index (χ0n) is 57.1. The van der Waals surface area contributed by atoms with Crippen molar-refractivity contribution in [2.75, 3.05) is 83.9 Å². The summed E-state index contributed by atoms with van der Waals surface area (Å²) in [5, 5.41) is 51.1. The molecule has 0 saturated carbocycles. The van der Waals surface area contributed by atoms with Gasteiger partial charge in [-0.25, -0.2) is 4.79 Å². The molecular formula is C75H97Br2N9O14. The number of rotatable bonds is 2. The summed E-state index contributed by atoms with van der Waals surface area (Å²) in [7, 11) is 0. The van der Waals surface area contributed by atoms with E-state index in [1.807, 2.05) is 0 Å². The standard InChI is InChI=1S/C17H22N2O3.2C12H11NO3.C11H18N2O.C6H9Br2NO.C6H11NO.C6H4O2.C5H11N/c20-12-6-7-15-13(11-12)14-5-4-8-18-16(21)17(14,22-15)19-9-2-1-3-10-19;14-7-3-4-10-9(6-7)8-2-1-5-13-12(15)11(8)16-10;14-7-3-4-10-9(6-7)8-2-1-5-13-11(8)12(15)16-10;14-11-10(6-2-3-7-12-11)13-8-4-1-5-9-13;7-6(8)3-1-2-4-9-5(6)10;8-6-4-2-1-3-5-7-6;7-5-1-2-6(8)4-3-5;1-2-4-6-5-3-1/h6-7,11,14,20H,1-5,8-10H2,(H,18,21);3-4,6,14H,1-2,5H2,(H,13,15);3-4,6,13-14H,1-2,5H2;6H,1-5,7-9H2,(H,12,14);1-4H2,(H,9,10);1-5H2,(H,7,8);1-4H;6H,1-5H2/t14-,17+;;;;;;;/m0......./s1. The quantitative estimate of drug-likeness (QED) is 0.0446. The Kier molecular flexibility index (Phi) is 29.1. The van der Waals surface area contributed by atoms with Crippen LogP contribution in [0, 0.1) is 0 Å². The zero-order chi connectivity index (χ0) is 70.9. The lowest BCUT2D eigenvalue weighted by molar-refractivity contribution is -0.159. The molecule has 0 unspecified atom stereocenters. The van der Waals surface area contributed by atoms with Gasteiger partial charge in [0, 0.05) is 93.8 Å². The zero-order valence-corrected chi connectivity index (χ0v) is 60.3. The maximum atomic E-state index is 12.9. The highest BCUT2D eigenvalue weighted by molar-refractivity contribution is 9.25. The summed E-state index contributed by atoms with van der Waals surface area (Å²) in [4.78, 5) is 94.7. The largest absolute Gasteiger partial charge is 0.508 e. The van der Waals surface area contributed by atoms with Gasteiger partial charge in [0.05, 0.1) is 11.6 Å². The minimum Gasteiger partial charge on any atom is -0.508 e. The van der Waals surface area contributed by atoms with E-state index >= 15 is 0 Å². The fourth-order valence-electron chi connectivity index (χ4n) is 13.7. The highest BCUT2D eigenvalue weighted by Crippen LogP contribution is 2.51. The number of anilines is 1. The number of carbonyl (C=O) groups is 7. The number of aryl methyl sites for hydroxylation is 2. The number of alkyl halides is 2. The number of carbonyl (C=O) groups excluding carboxylic acids is 7. The molecular weight excluding hydrogens is 1410 g/mol. The van der Waals surface area contributed by atoms with Crippen LogP contribution in [0.25, 0.3) is 21.9 Å². The number of nitrogens with one attached hydrogen (secondary N) is 7. The van der Waals surface area contributed by atoms with Crippen LogP contribution in [0.15, 0.2) is 104 Å². The molecule has 25 heteroatoms. The molecule has 5 aromatic rings. The SMILES string of the molecule is C1CCNCC1.O=C1C=CC(=O)C=C1.O=C1CCCCCN1.O=C1NCCCC=C1N1CCCCC1.O=C1NCCCCC1(Br)Br.O=C1NCCC[C@H]2c3cc(O)ccc3O[C@@]12N1CCCCC1.O=C1NCCCc2c1oc1ccc(O)cc21.O=c1oc2ccc(O)cc2c2c1NCCC2. The maximum Gasteiger partial charge on any atom is 0.360 e. The van der Waals surface area contributed by atoms with Crippen LogP contribution in [0.5, 0.6) is 23.0 Å². The Labute approximate surface area is 600 Å². The number of amides is 5. The van der Waals surface area contributed by atoms with Gasteiger partial charge in [0.25, 0.3) is 17.7 Å². The minimum atomic E-state index is -0.924. The van der Waals surface area contributed by atoms with Crippen molar-refractivity contribution in [1.82, 2.24) is 41.7 Å². The van der Waals surface area contributed by atoms with Gasteiger partial charge >= 0.3 is 5.63 Å². The number of ketones is 2. The molecule has 12 heterocycles. The van der Waals surface area contributed by atoms with E-state index in [2.05, 4.69) is 85.0 Å². The average Bonchev–Trinajstić information content (AvgIpc) is 1.57. The van der Waals surface area contributed by atoms with E-state index in [0.29, 0.717) is 35.7 Å². The Morgan fingerprint density at radius 1 is 0.480 bits per heavy atom. The van der Waals surface area contributed by atoms with Gasteiger partial charge in [0.15, 0.2) is 20.6 Å². The second kappa shape index (κ2) is 38.2. The van der Waals surface area contributed by atoms with Crippen LogP contribution in [0.1, 0.15) is 174 Å². The monoisotopic (exact) mass is 1510 g/mol. The molecule has 0 radical (unpaired) electrons. The predicted octanol–water partition coefficient (Wildman–Crippen LogP) is 10.4. The Morgan fingerprint density at radius 3 is 1.70 bits per heavy atom. The molecule has 3 aromatic carbocycles. The van der Waals surface area contributed by atoms with Gasteiger partial charge in [0.2, 0.25) is 17.5 Å². The van der Waals surface area contributed by atoms with Crippen molar-refractivity contribution in [3.63, 3.8) is 0 Å². The molecule has 10 N–H and O–H groups in total. The van der Waals surface area contributed by atoms with Gasteiger partial charge in [-0.3, -0.25) is 38.5 Å². The molecule has 23 nitrogen and oxygen atoms in total. The van der Waals surface area contributed by atoms with E-state index in [4.69, 9.17) is 13.6 Å². The van der Waals surface area contributed by atoms with Gasteiger partial charge in [-0.05, 0) is 226 Å². The van der Waals surface area contributed by atoms with Crippen LogP contribution in [0.3, 0.4) is 0 Å². The first-order valence-corrected chi connectivity index (χ1v) is 37.4. The summed E-state index contributed by atoms with van der Waals surface area (Å²) in [6, 6.07) is 14.9. The fraction of sp³-hybridized carbons (Fsp3) is 0.520. The van der Waals surface area contributed by atoms with Crippen molar-refractivity contribution in [3.8, 4) is 23.0 Å². The van der Waals surface area contributed by atoms with E-state index in [1.165, 1.54) is 94.8 Å². The molecule has 0 bridgehead atoms. The molecule has 6 fully saturated rings. The number of piperidine rings is 3. The topological polar surface area (TPSA) is 323 Å². The summed E-state index contributed by atoms with van der Waals surface area (Å²) >= 11 is 6.62. The number of allylic oxidation sites excluding steroid dienone is 5. The van der Waals surface area contributed by atoms with E-state index < -0.39 is 8.96 Å². The number of benzene rings is 3. The fourth-order valence-corrected chi connectivity index (χ4v) is 14.5. The molecule has 100 heavy (non-hydrogen) atoms. The highest BCUT2D eigenvalue weighted by Gasteiger charge is 2.59.